The summed E-state index contributed by atoms with van der Waals surface area (Å²) in [5.41, 5.74) is 0.458. The molecule has 1 aromatic carbocycles. The van der Waals surface area contributed by atoms with Gasteiger partial charge in [0.2, 0.25) is 0 Å². The zero-order valence-electron chi connectivity index (χ0n) is 14.0. The minimum absolute atomic E-state index is 0.109. The molecule has 2 heterocycles. The Morgan fingerprint density at radius 2 is 2.08 bits per heavy atom. The molecule has 2 N–H and O–H groups in total. The fraction of sp³-hybridized carbons (Fsp3) is 0.167. The number of benzene rings is 1. The first-order valence-electron chi connectivity index (χ1n) is 7.85. The van der Waals surface area contributed by atoms with Gasteiger partial charge in [-0.15, -0.1) is 11.3 Å². The van der Waals surface area contributed by atoms with Crippen molar-refractivity contribution in [1.82, 2.24) is 9.97 Å². The standard InChI is InChI=1S/C18H17N3O3S2/c1-12(11-22)24-14-8-13(17(23)21-18-20-6-7-25-18)9-16(10-14)26-15-2-4-19-5-3-15/h2-10,12,22H,11H2,1H3,(H,20,21,23). The largest absolute Gasteiger partial charge is 0.488 e. The van der Waals surface area contributed by atoms with Crippen LogP contribution >= 0.6 is 23.1 Å². The van der Waals surface area contributed by atoms with E-state index in [1.54, 1.807) is 43.0 Å². The molecular weight excluding hydrogens is 370 g/mol. The minimum atomic E-state index is -0.369. The first-order chi connectivity index (χ1) is 12.6. The van der Waals surface area contributed by atoms with Crippen LogP contribution in [0.4, 0.5) is 5.13 Å². The van der Waals surface area contributed by atoms with Crippen LogP contribution < -0.4 is 10.1 Å². The first-order valence-corrected chi connectivity index (χ1v) is 9.55. The van der Waals surface area contributed by atoms with Crippen molar-refractivity contribution in [3.8, 4) is 5.75 Å². The molecule has 1 atom stereocenters. The quantitative estimate of drug-likeness (QED) is 0.643. The lowest BCUT2D eigenvalue weighted by Gasteiger charge is -2.14. The lowest BCUT2D eigenvalue weighted by atomic mass is 10.2. The van der Waals surface area contributed by atoms with Gasteiger partial charge in [0.1, 0.15) is 11.9 Å². The van der Waals surface area contributed by atoms with E-state index in [0.29, 0.717) is 16.4 Å². The number of anilines is 1. The molecule has 0 radical (unpaired) electrons. The molecule has 8 heteroatoms. The second-order valence-electron chi connectivity index (χ2n) is 5.38. The van der Waals surface area contributed by atoms with Crippen LogP contribution in [0, 0.1) is 0 Å². The number of aliphatic hydroxyl groups excluding tert-OH is 1. The highest BCUT2D eigenvalue weighted by atomic mass is 32.2. The van der Waals surface area contributed by atoms with Crippen LogP contribution in [0.3, 0.4) is 0 Å². The summed E-state index contributed by atoms with van der Waals surface area (Å²) in [7, 11) is 0. The van der Waals surface area contributed by atoms with E-state index in [0.717, 1.165) is 9.79 Å². The highest BCUT2D eigenvalue weighted by Gasteiger charge is 2.13. The third-order valence-corrected chi connectivity index (χ3v) is 4.94. The molecule has 0 aliphatic heterocycles. The van der Waals surface area contributed by atoms with Crippen LogP contribution in [0.25, 0.3) is 0 Å². The maximum Gasteiger partial charge on any atom is 0.257 e. The summed E-state index contributed by atoms with van der Waals surface area (Å²) < 4.78 is 5.70. The molecule has 26 heavy (non-hydrogen) atoms. The number of thiazole rings is 1. The zero-order valence-corrected chi connectivity index (χ0v) is 15.6. The van der Waals surface area contributed by atoms with Crippen molar-refractivity contribution in [3.05, 3.63) is 59.9 Å². The summed E-state index contributed by atoms with van der Waals surface area (Å²) in [5, 5.41) is 14.3. The SMILES string of the molecule is CC(CO)Oc1cc(Sc2ccncc2)cc(C(=O)Nc2nccs2)c1. The van der Waals surface area contributed by atoms with Gasteiger partial charge in [0.05, 0.1) is 6.61 Å². The van der Waals surface area contributed by atoms with Crippen molar-refractivity contribution in [1.29, 1.82) is 0 Å². The number of amides is 1. The van der Waals surface area contributed by atoms with Gasteiger partial charge in [-0.3, -0.25) is 15.1 Å². The predicted octanol–water partition coefficient (Wildman–Crippen LogP) is 3.70. The van der Waals surface area contributed by atoms with E-state index < -0.39 is 0 Å². The fourth-order valence-corrected chi connectivity index (χ4v) is 3.51. The predicted molar refractivity (Wildman–Crippen MR) is 102 cm³/mol. The highest BCUT2D eigenvalue weighted by Crippen LogP contribution is 2.32. The number of carbonyl (C=O) groups excluding carboxylic acids is 1. The molecule has 0 aliphatic carbocycles. The van der Waals surface area contributed by atoms with Gasteiger partial charge in [0.15, 0.2) is 5.13 Å². The van der Waals surface area contributed by atoms with E-state index >= 15 is 0 Å². The first kappa shape index (κ1) is 18.4. The van der Waals surface area contributed by atoms with Crippen LogP contribution in [0.1, 0.15) is 17.3 Å². The van der Waals surface area contributed by atoms with Crippen LogP contribution in [-0.2, 0) is 0 Å². The summed E-state index contributed by atoms with van der Waals surface area (Å²) >= 11 is 2.85. The maximum absolute atomic E-state index is 12.6. The van der Waals surface area contributed by atoms with Crippen molar-refractivity contribution in [2.75, 3.05) is 11.9 Å². The molecule has 2 aromatic heterocycles. The van der Waals surface area contributed by atoms with Crippen LogP contribution in [0.15, 0.2) is 64.1 Å². The normalized spacial score (nSPS) is 11.8. The number of hydrogen-bond acceptors (Lipinski definition) is 7. The Labute approximate surface area is 159 Å². The molecule has 0 bridgehead atoms. The highest BCUT2D eigenvalue weighted by molar-refractivity contribution is 7.99. The van der Waals surface area contributed by atoms with E-state index in [1.165, 1.54) is 23.1 Å². The summed E-state index contributed by atoms with van der Waals surface area (Å²) in [6.07, 6.45) is 4.69. The number of aliphatic hydroxyl groups is 1. The average molecular weight is 387 g/mol. The van der Waals surface area contributed by atoms with Gasteiger partial charge in [-0.25, -0.2) is 4.98 Å². The molecule has 0 saturated carbocycles. The van der Waals surface area contributed by atoms with E-state index in [9.17, 15) is 9.90 Å². The molecule has 0 saturated heterocycles. The molecule has 0 fully saturated rings. The van der Waals surface area contributed by atoms with Crippen molar-refractivity contribution in [2.24, 2.45) is 0 Å². The summed E-state index contributed by atoms with van der Waals surface area (Å²) in [4.78, 5) is 22.5. The molecule has 3 rings (SSSR count). The second-order valence-corrected chi connectivity index (χ2v) is 7.42. The summed E-state index contributed by atoms with van der Waals surface area (Å²) in [5.74, 6) is 0.258. The van der Waals surface area contributed by atoms with Gasteiger partial charge in [-0.1, -0.05) is 11.8 Å². The Morgan fingerprint density at radius 1 is 1.27 bits per heavy atom. The topological polar surface area (TPSA) is 84.3 Å². The number of rotatable bonds is 7. The van der Waals surface area contributed by atoms with E-state index in [-0.39, 0.29) is 18.6 Å². The van der Waals surface area contributed by atoms with Crippen LogP contribution in [-0.4, -0.2) is 33.7 Å². The number of nitrogens with zero attached hydrogens (tertiary/aromatic N) is 2. The summed E-state index contributed by atoms with van der Waals surface area (Å²) in [6, 6.07) is 9.08. The lowest BCUT2D eigenvalue weighted by Crippen LogP contribution is -2.17. The van der Waals surface area contributed by atoms with Crippen molar-refractivity contribution in [2.45, 2.75) is 22.8 Å². The third-order valence-electron chi connectivity index (χ3n) is 3.27. The number of hydrogen-bond donors (Lipinski definition) is 2. The molecule has 3 aromatic rings. The van der Waals surface area contributed by atoms with Gasteiger partial charge in [0, 0.05) is 39.3 Å². The Hall–Kier alpha value is -2.42. The number of carbonyl (C=O) groups is 1. The Morgan fingerprint density at radius 3 is 2.77 bits per heavy atom. The van der Waals surface area contributed by atoms with Crippen LogP contribution in [0.2, 0.25) is 0 Å². The zero-order chi connectivity index (χ0) is 18.4. The molecule has 0 aliphatic rings. The average Bonchev–Trinajstić information content (AvgIpc) is 3.15. The molecule has 134 valence electrons. The third kappa shape index (κ3) is 5.04. The van der Waals surface area contributed by atoms with E-state index in [1.807, 2.05) is 18.2 Å². The molecule has 1 amide bonds. The molecule has 0 spiro atoms. The fourth-order valence-electron chi connectivity index (χ4n) is 2.10. The van der Waals surface area contributed by atoms with Gasteiger partial charge in [-0.2, -0.15) is 0 Å². The molecular formula is C18H17N3O3S2. The minimum Gasteiger partial charge on any atom is -0.488 e. The Kier molecular flexibility index (Phi) is 6.21. The van der Waals surface area contributed by atoms with E-state index in [2.05, 4.69) is 15.3 Å². The monoisotopic (exact) mass is 387 g/mol. The maximum atomic E-state index is 12.6. The van der Waals surface area contributed by atoms with Gasteiger partial charge >= 0.3 is 0 Å². The van der Waals surface area contributed by atoms with Crippen molar-refractivity contribution >= 4 is 34.1 Å². The molecule has 1 unspecified atom stereocenters. The molecule has 6 nitrogen and oxygen atoms in total. The number of pyridine rings is 1. The van der Waals surface area contributed by atoms with Gasteiger partial charge in [0.25, 0.3) is 5.91 Å². The van der Waals surface area contributed by atoms with Gasteiger partial charge in [-0.05, 0) is 37.3 Å². The lowest BCUT2D eigenvalue weighted by molar-refractivity contribution is 0.102. The number of nitrogens with one attached hydrogen (secondary N) is 1. The summed E-state index contributed by atoms with van der Waals surface area (Å²) in [6.45, 7) is 1.65. The number of aromatic nitrogens is 2. The second kappa shape index (κ2) is 8.79. The van der Waals surface area contributed by atoms with Crippen molar-refractivity contribution in [3.63, 3.8) is 0 Å². The van der Waals surface area contributed by atoms with Crippen molar-refractivity contribution < 1.29 is 14.6 Å². The Balaban J connectivity index is 1.87. The smallest absolute Gasteiger partial charge is 0.257 e. The number of ether oxygens (including phenoxy) is 1. The Bertz CT molecular complexity index is 857. The van der Waals surface area contributed by atoms with E-state index in [4.69, 9.17) is 4.74 Å². The van der Waals surface area contributed by atoms with Gasteiger partial charge < -0.3 is 9.84 Å². The van der Waals surface area contributed by atoms with Crippen LogP contribution in [0.5, 0.6) is 5.75 Å².